The molecule has 1 atom stereocenters. The predicted octanol–water partition coefficient (Wildman–Crippen LogP) is 1.99. The molecule has 1 saturated heterocycles. The van der Waals surface area contributed by atoms with Crippen molar-refractivity contribution in [1.82, 2.24) is 15.6 Å². The van der Waals surface area contributed by atoms with Crippen LogP contribution in [0.15, 0.2) is 29.5 Å². The van der Waals surface area contributed by atoms with Crippen LogP contribution >= 0.6 is 24.0 Å². The van der Waals surface area contributed by atoms with E-state index in [1.807, 2.05) is 12.3 Å². The molecule has 0 saturated carbocycles. The van der Waals surface area contributed by atoms with Gasteiger partial charge >= 0.3 is 0 Å². The average Bonchev–Trinajstić information content (AvgIpc) is 3.09. The Kier molecular flexibility index (Phi) is 11.8. The molecule has 0 aromatic carbocycles. The zero-order chi connectivity index (χ0) is 16.2. The summed E-state index contributed by atoms with van der Waals surface area (Å²) in [4.78, 5) is 8.70. The maximum atomic E-state index is 5.74. The lowest BCUT2D eigenvalue weighted by Crippen LogP contribution is -2.38. The lowest BCUT2D eigenvalue weighted by atomic mass is 10.2. The summed E-state index contributed by atoms with van der Waals surface area (Å²) in [6.07, 6.45) is 6.85. The second kappa shape index (κ2) is 13.4. The molecule has 136 valence electrons. The van der Waals surface area contributed by atoms with Gasteiger partial charge in [0, 0.05) is 45.2 Å². The number of halogens is 1. The molecule has 2 N–H and O–H groups in total. The summed E-state index contributed by atoms with van der Waals surface area (Å²) in [5.74, 6) is 0.862. The van der Waals surface area contributed by atoms with Gasteiger partial charge in [-0.2, -0.15) is 0 Å². The van der Waals surface area contributed by atoms with Crippen LogP contribution < -0.4 is 10.6 Å². The van der Waals surface area contributed by atoms with Crippen LogP contribution in [0.4, 0.5) is 0 Å². The van der Waals surface area contributed by atoms with Crippen molar-refractivity contribution in [2.75, 3.05) is 39.5 Å². The molecule has 1 aromatic rings. The summed E-state index contributed by atoms with van der Waals surface area (Å²) in [6.45, 7) is 6.84. The van der Waals surface area contributed by atoms with Crippen LogP contribution in [0.5, 0.6) is 0 Å². The molecular weight excluding hydrogens is 419 g/mol. The molecule has 2 heterocycles. The molecule has 7 heteroatoms. The first-order valence-electron chi connectivity index (χ1n) is 8.49. The van der Waals surface area contributed by atoms with Crippen LogP contribution in [-0.4, -0.2) is 56.5 Å². The molecule has 0 spiro atoms. The van der Waals surface area contributed by atoms with E-state index in [4.69, 9.17) is 9.47 Å². The summed E-state index contributed by atoms with van der Waals surface area (Å²) >= 11 is 0. The average molecular weight is 448 g/mol. The lowest BCUT2D eigenvalue weighted by Gasteiger charge is -2.12. The van der Waals surface area contributed by atoms with Crippen LogP contribution in [0.1, 0.15) is 25.3 Å². The van der Waals surface area contributed by atoms with E-state index >= 15 is 0 Å². The number of aliphatic imine (C=N–C) groups is 1. The van der Waals surface area contributed by atoms with Gasteiger partial charge in [0.05, 0.1) is 12.7 Å². The summed E-state index contributed by atoms with van der Waals surface area (Å²) in [5.41, 5.74) is 1.23. The van der Waals surface area contributed by atoms with Gasteiger partial charge in [-0.3, -0.25) is 9.98 Å². The summed E-state index contributed by atoms with van der Waals surface area (Å²) < 4.78 is 11.0. The van der Waals surface area contributed by atoms with Crippen LogP contribution in [0.2, 0.25) is 0 Å². The van der Waals surface area contributed by atoms with Gasteiger partial charge < -0.3 is 20.1 Å². The van der Waals surface area contributed by atoms with Gasteiger partial charge in [-0.05, 0) is 37.8 Å². The van der Waals surface area contributed by atoms with Crippen molar-refractivity contribution in [2.24, 2.45) is 4.99 Å². The molecule has 0 aliphatic carbocycles. The maximum Gasteiger partial charge on any atom is 0.191 e. The van der Waals surface area contributed by atoms with Crippen molar-refractivity contribution in [2.45, 2.75) is 32.3 Å². The largest absolute Gasteiger partial charge is 0.379 e. The van der Waals surface area contributed by atoms with Gasteiger partial charge in [0.2, 0.25) is 0 Å². The molecule has 0 amide bonds. The Morgan fingerprint density at radius 1 is 1.46 bits per heavy atom. The first-order chi connectivity index (χ1) is 11.4. The van der Waals surface area contributed by atoms with E-state index in [9.17, 15) is 0 Å². The maximum absolute atomic E-state index is 5.74. The molecule has 1 unspecified atom stereocenters. The van der Waals surface area contributed by atoms with Gasteiger partial charge in [0.1, 0.15) is 0 Å². The van der Waals surface area contributed by atoms with E-state index in [-0.39, 0.29) is 30.1 Å². The third kappa shape index (κ3) is 8.79. The highest BCUT2D eigenvalue weighted by molar-refractivity contribution is 14.0. The number of ether oxygens (including phenoxy) is 2. The fourth-order valence-electron chi connectivity index (χ4n) is 2.36. The van der Waals surface area contributed by atoms with E-state index < -0.39 is 0 Å². The standard InChI is InChI=1S/C17H28N4O2.HI/c1-2-19-17(21-10-6-15-5-3-8-18-13-15)20-9-4-11-23-16-7-12-22-14-16;/h3,5,8,13,16H,2,4,6-7,9-12,14H2,1H3,(H2,19,20,21);1H. The van der Waals surface area contributed by atoms with Gasteiger partial charge in [-0.15, -0.1) is 24.0 Å². The number of rotatable bonds is 9. The van der Waals surface area contributed by atoms with E-state index in [1.165, 1.54) is 5.56 Å². The highest BCUT2D eigenvalue weighted by atomic mass is 127. The zero-order valence-electron chi connectivity index (χ0n) is 14.4. The Labute approximate surface area is 161 Å². The van der Waals surface area contributed by atoms with E-state index in [0.29, 0.717) is 0 Å². The Balaban J connectivity index is 0.00000288. The quantitative estimate of drug-likeness (QED) is 0.262. The van der Waals surface area contributed by atoms with Crippen molar-refractivity contribution < 1.29 is 9.47 Å². The molecular formula is C17H29IN4O2. The van der Waals surface area contributed by atoms with Crippen molar-refractivity contribution in [1.29, 1.82) is 0 Å². The molecule has 1 aliphatic rings. The minimum Gasteiger partial charge on any atom is -0.379 e. The minimum absolute atomic E-state index is 0. The summed E-state index contributed by atoms with van der Waals surface area (Å²) in [6, 6.07) is 4.05. The Morgan fingerprint density at radius 2 is 2.38 bits per heavy atom. The van der Waals surface area contributed by atoms with Crippen LogP contribution in [0.25, 0.3) is 0 Å². The van der Waals surface area contributed by atoms with Crippen molar-refractivity contribution in [3.05, 3.63) is 30.1 Å². The van der Waals surface area contributed by atoms with E-state index in [1.54, 1.807) is 6.20 Å². The van der Waals surface area contributed by atoms with Gasteiger partial charge in [0.25, 0.3) is 0 Å². The van der Waals surface area contributed by atoms with Gasteiger partial charge in [0.15, 0.2) is 5.96 Å². The smallest absolute Gasteiger partial charge is 0.191 e. The van der Waals surface area contributed by atoms with Crippen LogP contribution in [-0.2, 0) is 15.9 Å². The second-order valence-electron chi connectivity index (χ2n) is 5.51. The zero-order valence-corrected chi connectivity index (χ0v) is 16.7. The normalized spacial score (nSPS) is 17.4. The molecule has 0 bridgehead atoms. The number of hydrogen-bond donors (Lipinski definition) is 2. The molecule has 6 nitrogen and oxygen atoms in total. The summed E-state index contributed by atoms with van der Waals surface area (Å²) in [7, 11) is 0. The minimum atomic E-state index is 0. The fourth-order valence-corrected chi connectivity index (χ4v) is 2.36. The van der Waals surface area contributed by atoms with Crippen molar-refractivity contribution in [3.63, 3.8) is 0 Å². The molecule has 1 aromatic heterocycles. The predicted molar refractivity (Wildman–Crippen MR) is 107 cm³/mol. The molecule has 24 heavy (non-hydrogen) atoms. The number of pyridine rings is 1. The number of hydrogen-bond acceptors (Lipinski definition) is 4. The SMILES string of the molecule is CCNC(=NCCCOC1CCOC1)NCCc1cccnc1.I. The third-order valence-corrected chi connectivity index (χ3v) is 3.59. The number of guanidine groups is 1. The van der Waals surface area contributed by atoms with E-state index in [0.717, 1.165) is 64.7 Å². The Bertz CT molecular complexity index is 453. The van der Waals surface area contributed by atoms with Gasteiger partial charge in [-0.25, -0.2) is 0 Å². The fraction of sp³-hybridized carbons (Fsp3) is 0.647. The monoisotopic (exact) mass is 448 g/mol. The number of aromatic nitrogens is 1. The van der Waals surface area contributed by atoms with Crippen LogP contribution in [0.3, 0.4) is 0 Å². The third-order valence-electron chi connectivity index (χ3n) is 3.59. The number of nitrogens with zero attached hydrogens (tertiary/aromatic N) is 2. The molecule has 1 fully saturated rings. The van der Waals surface area contributed by atoms with Gasteiger partial charge in [-0.1, -0.05) is 6.07 Å². The molecule has 2 rings (SSSR count). The Morgan fingerprint density at radius 3 is 3.08 bits per heavy atom. The molecule has 1 aliphatic heterocycles. The van der Waals surface area contributed by atoms with Crippen LogP contribution in [0, 0.1) is 0 Å². The highest BCUT2D eigenvalue weighted by Crippen LogP contribution is 2.08. The van der Waals surface area contributed by atoms with Crippen molar-refractivity contribution in [3.8, 4) is 0 Å². The Hall–Kier alpha value is -0.930. The second-order valence-corrected chi connectivity index (χ2v) is 5.51. The first-order valence-corrected chi connectivity index (χ1v) is 8.49. The van der Waals surface area contributed by atoms with E-state index in [2.05, 4.69) is 33.6 Å². The number of nitrogens with one attached hydrogen (secondary N) is 2. The highest BCUT2D eigenvalue weighted by Gasteiger charge is 2.15. The lowest BCUT2D eigenvalue weighted by molar-refractivity contribution is 0.0424. The van der Waals surface area contributed by atoms with Crippen molar-refractivity contribution >= 4 is 29.9 Å². The topological polar surface area (TPSA) is 67.8 Å². The summed E-state index contributed by atoms with van der Waals surface area (Å²) in [5, 5.41) is 6.61. The molecule has 0 radical (unpaired) electrons. The first kappa shape index (κ1) is 21.1.